The van der Waals surface area contributed by atoms with Crippen molar-refractivity contribution in [3.05, 3.63) is 53.6 Å². The first-order valence-electron chi connectivity index (χ1n) is 6.51. The van der Waals surface area contributed by atoms with Gasteiger partial charge >= 0.3 is 0 Å². The molecule has 1 heterocycles. The summed E-state index contributed by atoms with van der Waals surface area (Å²) in [6, 6.07) is 10.4. The minimum absolute atomic E-state index is 0.115. The van der Waals surface area contributed by atoms with Gasteiger partial charge in [0.1, 0.15) is 5.69 Å². The fourth-order valence-corrected chi connectivity index (χ4v) is 2.32. The molecule has 0 spiro atoms. The van der Waals surface area contributed by atoms with Gasteiger partial charge in [-0.3, -0.25) is 0 Å². The molecular weight excluding hydrogens is 272 g/mol. The lowest BCUT2D eigenvalue weighted by Crippen LogP contribution is -2.00. The van der Waals surface area contributed by atoms with Crippen molar-refractivity contribution in [2.24, 2.45) is 0 Å². The Morgan fingerprint density at radius 2 is 1.62 bits per heavy atom. The highest BCUT2D eigenvalue weighted by Gasteiger charge is 2.17. The van der Waals surface area contributed by atoms with Gasteiger partial charge in [-0.2, -0.15) is 0 Å². The van der Waals surface area contributed by atoms with E-state index in [1.54, 1.807) is 7.05 Å². The summed E-state index contributed by atoms with van der Waals surface area (Å²) >= 11 is 0. The Balaban J connectivity index is 2.34. The van der Waals surface area contributed by atoms with Crippen LogP contribution in [0.2, 0.25) is 0 Å². The molecule has 0 fully saturated rings. The molecule has 5 heteroatoms. The second-order valence-corrected chi connectivity index (χ2v) is 4.75. The van der Waals surface area contributed by atoms with Crippen LogP contribution < -0.4 is 5.32 Å². The first-order chi connectivity index (χ1) is 10.1. The van der Waals surface area contributed by atoms with E-state index in [4.69, 9.17) is 0 Å². The maximum absolute atomic E-state index is 14.2. The molecule has 0 atom stereocenters. The monoisotopic (exact) mass is 285 g/mol. The molecule has 0 saturated carbocycles. The van der Waals surface area contributed by atoms with Crippen LogP contribution in [-0.2, 0) is 0 Å². The number of hydrogen-bond donors (Lipinski definition) is 1. The third-order valence-electron chi connectivity index (χ3n) is 3.45. The van der Waals surface area contributed by atoms with Gasteiger partial charge in [0, 0.05) is 23.4 Å². The molecule has 1 N–H and O–H groups in total. The van der Waals surface area contributed by atoms with Crippen LogP contribution in [0.5, 0.6) is 0 Å². The number of nitrogens with zero attached hydrogens (tertiary/aromatic N) is 2. The summed E-state index contributed by atoms with van der Waals surface area (Å²) in [4.78, 5) is 0. The summed E-state index contributed by atoms with van der Waals surface area (Å²) in [7, 11) is 1.74. The van der Waals surface area contributed by atoms with Crippen molar-refractivity contribution in [3.63, 3.8) is 0 Å². The van der Waals surface area contributed by atoms with Crippen LogP contribution in [0.15, 0.2) is 36.4 Å². The van der Waals surface area contributed by atoms with E-state index in [2.05, 4.69) is 15.5 Å². The van der Waals surface area contributed by atoms with Gasteiger partial charge in [-0.25, -0.2) is 8.78 Å². The van der Waals surface area contributed by atoms with Gasteiger partial charge in [-0.05, 0) is 18.6 Å². The number of fused-ring (bicyclic) bond motifs is 1. The molecule has 0 radical (unpaired) electrons. The minimum atomic E-state index is -0.897. The summed E-state index contributed by atoms with van der Waals surface area (Å²) in [5, 5.41) is 12.6. The van der Waals surface area contributed by atoms with Gasteiger partial charge in [0.05, 0.1) is 0 Å². The van der Waals surface area contributed by atoms with Crippen LogP contribution in [0.3, 0.4) is 0 Å². The molecule has 21 heavy (non-hydrogen) atoms. The largest absolute Gasteiger partial charge is 0.371 e. The molecule has 3 aromatic rings. The van der Waals surface area contributed by atoms with E-state index in [0.29, 0.717) is 11.5 Å². The summed E-state index contributed by atoms with van der Waals surface area (Å²) < 4.78 is 28.0. The van der Waals surface area contributed by atoms with Crippen LogP contribution in [0.1, 0.15) is 5.56 Å². The number of halogens is 2. The zero-order valence-electron chi connectivity index (χ0n) is 11.6. The van der Waals surface area contributed by atoms with Gasteiger partial charge in [-0.15, -0.1) is 10.2 Å². The molecular formula is C16H13F2N3. The lowest BCUT2D eigenvalue weighted by atomic mass is 10.0. The number of nitrogens with one attached hydrogen (secondary N) is 1. The fraction of sp³-hybridized carbons (Fsp3) is 0.125. The second-order valence-electron chi connectivity index (χ2n) is 4.75. The van der Waals surface area contributed by atoms with Crippen molar-refractivity contribution >= 4 is 16.6 Å². The normalized spacial score (nSPS) is 10.9. The topological polar surface area (TPSA) is 37.8 Å². The molecule has 106 valence electrons. The summed E-state index contributed by atoms with van der Waals surface area (Å²) in [6.45, 7) is 1.52. The Hall–Kier alpha value is -2.56. The van der Waals surface area contributed by atoms with Crippen molar-refractivity contribution in [3.8, 4) is 11.3 Å². The number of rotatable bonds is 2. The average Bonchev–Trinajstić information content (AvgIpc) is 2.52. The van der Waals surface area contributed by atoms with E-state index >= 15 is 0 Å². The summed E-state index contributed by atoms with van der Waals surface area (Å²) in [6.07, 6.45) is 0. The van der Waals surface area contributed by atoms with Gasteiger partial charge < -0.3 is 5.32 Å². The highest BCUT2D eigenvalue weighted by Crippen LogP contribution is 2.32. The Morgan fingerprint density at radius 3 is 2.33 bits per heavy atom. The molecule has 3 rings (SSSR count). The van der Waals surface area contributed by atoms with E-state index < -0.39 is 11.6 Å². The molecule has 0 aliphatic heterocycles. The molecule has 0 saturated heterocycles. The number of benzene rings is 2. The molecule has 2 aromatic carbocycles. The predicted octanol–water partition coefficient (Wildman–Crippen LogP) is 3.93. The highest BCUT2D eigenvalue weighted by molar-refractivity contribution is 6.00. The predicted molar refractivity (Wildman–Crippen MR) is 79.2 cm³/mol. The van der Waals surface area contributed by atoms with Gasteiger partial charge in [0.15, 0.2) is 17.5 Å². The standard InChI is InChI=1S/C16H13F2N3/c1-9-7-8-12(14(18)13(9)17)15-10-5-3-4-6-11(10)16(19-2)21-20-15/h3-8H,1-2H3,(H,19,21). The SMILES string of the molecule is CNc1nnc(-c2ccc(C)c(F)c2F)c2ccccc12. The summed E-state index contributed by atoms with van der Waals surface area (Å²) in [5.74, 6) is -1.15. The molecule has 1 aromatic heterocycles. The van der Waals surface area contributed by atoms with Crippen LogP contribution in [0.25, 0.3) is 22.0 Å². The van der Waals surface area contributed by atoms with E-state index in [9.17, 15) is 8.78 Å². The van der Waals surface area contributed by atoms with Gasteiger partial charge in [0.25, 0.3) is 0 Å². The maximum atomic E-state index is 14.2. The second kappa shape index (κ2) is 5.09. The Kier molecular flexibility index (Phi) is 3.25. The lowest BCUT2D eigenvalue weighted by Gasteiger charge is -2.10. The number of hydrogen-bond acceptors (Lipinski definition) is 3. The Morgan fingerprint density at radius 1 is 0.905 bits per heavy atom. The number of aromatic nitrogens is 2. The van der Waals surface area contributed by atoms with Crippen molar-refractivity contribution in [1.29, 1.82) is 0 Å². The van der Waals surface area contributed by atoms with E-state index in [0.717, 1.165) is 10.8 Å². The maximum Gasteiger partial charge on any atom is 0.168 e. The average molecular weight is 285 g/mol. The molecule has 3 nitrogen and oxygen atoms in total. The lowest BCUT2D eigenvalue weighted by molar-refractivity contribution is 0.505. The van der Waals surface area contributed by atoms with Crippen LogP contribution in [0, 0.1) is 18.6 Å². The van der Waals surface area contributed by atoms with Crippen LogP contribution in [-0.4, -0.2) is 17.2 Å². The quantitative estimate of drug-likeness (QED) is 0.775. The van der Waals surface area contributed by atoms with Crippen molar-refractivity contribution in [2.45, 2.75) is 6.92 Å². The van der Waals surface area contributed by atoms with Crippen molar-refractivity contribution in [2.75, 3.05) is 12.4 Å². The zero-order chi connectivity index (χ0) is 15.0. The fourth-order valence-electron chi connectivity index (χ4n) is 2.32. The molecule has 0 bridgehead atoms. The first-order valence-corrected chi connectivity index (χ1v) is 6.51. The van der Waals surface area contributed by atoms with Gasteiger partial charge in [-0.1, -0.05) is 30.3 Å². The highest BCUT2D eigenvalue weighted by atomic mass is 19.2. The van der Waals surface area contributed by atoms with E-state index in [-0.39, 0.29) is 11.1 Å². The molecule has 0 unspecified atom stereocenters. The number of aryl methyl sites for hydroxylation is 1. The molecule has 0 aliphatic rings. The van der Waals surface area contributed by atoms with E-state index in [1.807, 2.05) is 24.3 Å². The van der Waals surface area contributed by atoms with Crippen molar-refractivity contribution in [1.82, 2.24) is 10.2 Å². The van der Waals surface area contributed by atoms with Crippen LogP contribution >= 0.6 is 0 Å². The number of anilines is 1. The smallest absolute Gasteiger partial charge is 0.168 e. The molecule has 0 amide bonds. The summed E-state index contributed by atoms with van der Waals surface area (Å²) in [5.41, 5.74) is 0.714. The Labute approximate surface area is 120 Å². The molecule has 0 aliphatic carbocycles. The minimum Gasteiger partial charge on any atom is -0.371 e. The van der Waals surface area contributed by atoms with E-state index in [1.165, 1.54) is 19.1 Å². The third-order valence-corrected chi connectivity index (χ3v) is 3.45. The van der Waals surface area contributed by atoms with Crippen LogP contribution in [0.4, 0.5) is 14.6 Å². The zero-order valence-corrected chi connectivity index (χ0v) is 11.6. The third kappa shape index (κ3) is 2.11. The first kappa shape index (κ1) is 13.4. The van der Waals surface area contributed by atoms with Gasteiger partial charge in [0.2, 0.25) is 0 Å². The Bertz CT molecular complexity index is 831. The van der Waals surface area contributed by atoms with Crippen molar-refractivity contribution < 1.29 is 8.78 Å².